The highest BCUT2D eigenvalue weighted by molar-refractivity contribution is 9.10. The van der Waals surface area contributed by atoms with E-state index in [2.05, 4.69) is 21.2 Å². The summed E-state index contributed by atoms with van der Waals surface area (Å²) in [5, 5.41) is 12.0. The van der Waals surface area contributed by atoms with Crippen LogP contribution in [0.4, 0.5) is 13.2 Å². The minimum absolute atomic E-state index is 0.249. The van der Waals surface area contributed by atoms with E-state index in [9.17, 15) is 13.2 Å². The fourth-order valence-corrected chi connectivity index (χ4v) is 1.98. The van der Waals surface area contributed by atoms with E-state index < -0.39 is 18.9 Å². The highest BCUT2D eigenvalue weighted by Gasteiger charge is 2.38. The van der Waals surface area contributed by atoms with E-state index in [1.165, 1.54) is 0 Å². The Morgan fingerprint density at radius 1 is 1.38 bits per heavy atom. The molecule has 0 aliphatic heterocycles. The van der Waals surface area contributed by atoms with Crippen molar-refractivity contribution >= 4 is 15.9 Å². The van der Waals surface area contributed by atoms with Crippen molar-refractivity contribution < 1.29 is 27.8 Å². The Balaban J connectivity index is 2.50. The van der Waals surface area contributed by atoms with Gasteiger partial charge in [-0.15, -0.1) is 0 Å². The molecule has 1 aromatic rings. The molecule has 0 aliphatic rings. The number of alkyl halides is 3. The van der Waals surface area contributed by atoms with Crippen LogP contribution in [0.15, 0.2) is 22.7 Å². The summed E-state index contributed by atoms with van der Waals surface area (Å²) >= 11 is 3.23. The van der Waals surface area contributed by atoms with Gasteiger partial charge >= 0.3 is 6.18 Å². The van der Waals surface area contributed by atoms with Crippen LogP contribution in [-0.2, 0) is 11.3 Å². The summed E-state index contributed by atoms with van der Waals surface area (Å²) in [6, 6.07) is 5.04. The van der Waals surface area contributed by atoms with Crippen molar-refractivity contribution in [3.63, 3.8) is 0 Å². The van der Waals surface area contributed by atoms with E-state index in [4.69, 9.17) is 14.6 Å². The van der Waals surface area contributed by atoms with Gasteiger partial charge in [-0.3, -0.25) is 0 Å². The van der Waals surface area contributed by atoms with Crippen molar-refractivity contribution in [2.75, 3.05) is 26.9 Å². The lowest BCUT2D eigenvalue weighted by Gasteiger charge is -2.16. The smallest absolute Gasteiger partial charge is 0.417 e. The average molecular weight is 372 g/mol. The summed E-state index contributed by atoms with van der Waals surface area (Å²) in [5.41, 5.74) is 0.946. The molecule has 0 amide bonds. The molecule has 0 aromatic heterocycles. The summed E-state index contributed by atoms with van der Waals surface area (Å²) in [6.45, 7) is 1.06. The molecule has 0 aliphatic carbocycles. The Labute approximate surface area is 129 Å². The Morgan fingerprint density at radius 2 is 2.10 bits per heavy atom. The molecule has 1 unspecified atom stereocenters. The van der Waals surface area contributed by atoms with Crippen LogP contribution in [0.3, 0.4) is 0 Å². The molecule has 0 radical (unpaired) electrons. The van der Waals surface area contributed by atoms with Crippen LogP contribution >= 0.6 is 15.9 Å². The molecule has 4 nitrogen and oxygen atoms in total. The van der Waals surface area contributed by atoms with Gasteiger partial charge in [0.25, 0.3) is 0 Å². The van der Waals surface area contributed by atoms with Crippen molar-refractivity contribution in [1.29, 1.82) is 0 Å². The SMILES string of the molecule is COCCNCc1ccc(OCC(O)C(F)(F)F)c(Br)c1. The zero-order valence-electron chi connectivity index (χ0n) is 11.4. The molecule has 1 atom stereocenters. The van der Waals surface area contributed by atoms with Crippen LogP contribution in [-0.4, -0.2) is 44.3 Å². The van der Waals surface area contributed by atoms with Gasteiger partial charge in [0.05, 0.1) is 11.1 Å². The van der Waals surface area contributed by atoms with E-state index in [0.29, 0.717) is 24.2 Å². The molecule has 1 rings (SSSR count). The van der Waals surface area contributed by atoms with Crippen LogP contribution in [0.2, 0.25) is 0 Å². The van der Waals surface area contributed by atoms with Crippen LogP contribution < -0.4 is 10.1 Å². The van der Waals surface area contributed by atoms with Gasteiger partial charge < -0.3 is 19.9 Å². The highest BCUT2D eigenvalue weighted by atomic mass is 79.9. The summed E-state index contributed by atoms with van der Waals surface area (Å²) in [7, 11) is 1.61. The molecular weight excluding hydrogens is 355 g/mol. The first-order chi connectivity index (χ1) is 9.84. The average Bonchev–Trinajstić information content (AvgIpc) is 2.41. The van der Waals surface area contributed by atoms with Gasteiger partial charge in [-0.2, -0.15) is 13.2 Å². The highest BCUT2D eigenvalue weighted by Crippen LogP contribution is 2.27. The predicted octanol–water partition coefficient (Wildman–Crippen LogP) is 2.49. The second-order valence-electron chi connectivity index (χ2n) is 4.30. The number of hydrogen-bond acceptors (Lipinski definition) is 4. The number of aliphatic hydroxyl groups excluding tert-OH is 1. The Kier molecular flexibility index (Phi) is 7.44. The first kappa shape index (κ1) is 18.2. The Hall–Kier alpha value is -0.830. The number of rotatable bonds is 8. The van der Waals surface area contributed by atoms with Gasteiger partial charge in [-0.05, 0) is 33.6 Å². The zero-order valence-corrected chi connectivity index (χ0v) is 13.0. The summed E-state index contributed by atoms with van der Waals surface area (Å²) in [6.07, 6.45) is -7.18. The molecule has 0 bridgehead atoms. The van der Waals surface area contributed by atoms with Gasteiger partial charge in [0, 0.05) is 20.2 Å². The monoisotopic (exact) mass is 371 g/mol. The van der Waals surface area contributed by atoms with E-state index >= 15 is 0 Å². The molecule has 120 valence electrons. The third kappa shape index (κ3) is 6.64. The minimum atomic E-state index is -4.68. The Bertz CT molecular complexity index is 443. The first-order valence-corrected chi connectivity index (χ1v) is 6.99. The van der Waals surface area contributed by atoms with Gasteiger partial charge in [-0.25, -0.2) is 0 Å². The second-order valence-corrected chi connectivity index (χ2v) is 5.16. The fraction of sp³-hybridized carbons (Fsp3) is 0.538. The van der Waals surface area contributed by atoms with Crippen LogP contribution in [0.1, 0.15) is 5.56 Å². The standard InChI is InChI=1S/C13H17BrF3NO3/c1-20-5-4-18-7-9-2-3-11(10(14)6-9)21-8-12(19)13(15,16)17/h2-3,6,12,18-19H,4-5,7-8H2,1H3. The third-order valence-corrected chi connectivity index (χ3v) is 3.20. The summed E-state index contributed by atoms with van der Waals surface area (Å²) in [4.78, 5) is 0. The van der Waals surface area contributed by atoms with Crippen molar-refractivity contribution in [2.45, 2.75) is 18.8 Å². The maximum atomic E-state index is 12.2. The predicted molar refractivity (Wildman–Crippen MR) is 75.3 cm³/mol. The van der Waals surface area contributed by atoms with Crippen molar-refractivity contribution in [3.8, 4) is 5.75 Å². The lowest BCUT2D eigenvalue weighted by atomic mass is 10.2. The molecular formula is C13H17BrF3NO3. The fourth-order valence-electron chi connectivity index (χ4n) is 1.44. The van der Waals surface area contributed by atoms with Crippen molar-refractivity contribution in [3.05, 3.63) is 28.2 Å². The van der Waals surface area contributed by atoms with Crippen LogP contribution in [0.25, 0.3) is 0 Å². The normalized spacial score (nSPS) is 13.2. The number of halogens is 4. The van der Waals surface area contributed by atoms with Gasteiger partial charge in [-0.1, -0.05) is 6.07 Å². The van der Waals surface area contributed by atoms with Crippen molar-refractivity contribution in [2.24, 2.45) is 0 Å². The topological polar surface area (TPSA) is 50.7 Å². The number of methoxy groups -OCH3 is 1. The van der Waals surface area contributed by atoms with E-state index in [1.807, 2.05) is 0 Å². The first-order valence-electron chi connectivity index (χ1n) is 6.20. The molecule has 2 N–H and O–H groups in total. The molecule has 0 heterocycles. The van der Waals surface area contributed by atoms with E-state index in [1.54, 1.807) is 25.3 Å². The number of nitrogens with one attached hydrogen (secondary N) is 1. The largest absolute Gasteiger partial charge is 0.489 e. The third-order valence-electron chi connectivity index (χ3n) is 2.58. The summed E-state index contributed by atoms with van der Waals surface area (Å²) < 4.78 is 46.9. The Morgan fingerprint density at radius 3 is 2.67 bits per heavy atom. The van der Waals surface area contributed by atoms with Crippen molar-refractivity contribution in [1.82, 2.24) is 5.32 Å². The molecule has 1 aromatic carbocycles. The maximum absolute atomic E-state index is 12.2. The summed E-state index contributed by atoms with van der Waals surface area (Å²) in [5.74, 6) is 0.249. The zero-order chi connectivity index (χ0) is 15.9. The second kappa shape index (κ2) is 8.57. The molecule has 21 heavy (non-hydrogen) atoms. The molecule has 0 saturated carbocycles. The van der Waals surface area contributed by atoms with Gasteiger partial charge in [0.2, 0.25) is 0 Å². The quantitative estimate of drug-likeness (QED) is 0.689. The lowest BCUT2D eigenvalue weighted by Crippen LogP contribution is -2.34. The number of ether oxygens (including phenoxy) is 2. The van der Waals surface area contributed by atoms with Gasteiger partial charge in [0.1, 0.15) is 12.4 Å². The minimum Gasteiger partial charge on any atom is -0.489 e. The number of benzene rings is 1. The van der Waals surface area contributed by atoms with E-state index in [0.717, 1.165) is 5.56 Å². The van der Waals surface area contributed by atoms with Crippen LogP contribution in [0.5, 0.6) is 5.75 Å². The van der Waals surface area contributed by atoms with Gasteiger partial charge in [0.15, 0.2) is 6.10 Å². The number of aliphatic hydroxyl groups is 1. The lowest BCUT2D eigenvalue weighted by molar-refractivity contribution is -0.210. The maximum Gasteiger partial charge on any atom is 0.417 e. The van der Waals surface area contributed by atoms with Crippen LogP contribution in [0, 0.1) is 0 Å². The number of hydrogen-bond donors (Lipinski definition) is 2. The molecule has 0 fully saturated rings. The molecule has 0 saturated heterocycles. The molecule has 8 heteroatoms. The molecule has 0 spiro atoms. The van der Waals surface area contributed by atoms with E-state index in [-0.39, 0.29) is 5.75 Å².